The normalized spacial score (nSPS) is 16.5. The van der Waals surface area contributed by atoms with E-state index in [1.807, 2.05) is 17.0 Å². The van der Waals surface area contributed by atoms with Crippen LogP contribution < -0.4 is 4.90 Å². The van der Waals surface area contributed by atoms with Crippen LogP contribution in [0.25, 0.3) is 0 Å². The Morgan fingerprint density at radius 2 is 1.60 bits per heavy atom. The SMILES string of the molecule is O=C(Cc1ccc(F)cc1C(F)(F)F)N1CCN(c2ccc(Cl)cc2Cl)C(c2ccc(Cl)cc2)C1. The van der Waals surface area contributed by atoms with Gasteiger partial charge in [-0.15, -0.1) is 0 Å². The van der Waals surface area contributed by atoms with Crippen LogP contribution in [0.4, 0.5) is 23.2 Å². The van der Waals surface area contributed by atoms with E-state index >= 15 is 0 Å². The fraction of sp³-hybridized carbons (Fsp3) is 0.240. The van der Waals surface area contributed by atoms with E-state index in [2.05, 4.69) is 0 Å². The van der Waals surface area contributed by atoms with Crippen molar-refractivity contribution in [1.29, 1.82) is 0 Å². The summed E-state index contributed by atoms with van der Waals surface area (Å²) in [5, 5.41) is 1.47. The minimum Gasteiger partial charge on any atom is -0.360 e. The molecule has 4 rings (SSSR count). The van der Waals surface area contributed by atoms with Gasteiger partial charge in [-0.3, -0.25) is 4.79 Å². The number of alkyl halides is 3. The van der Waals surface area contributed by atoms with Crippen molar-refractivity contribution in [3.8, 4) is 0 Å². The Morgan fingerprint density at radius 1 is 0.914 bits per heavy atom. The van der Waals surface area contributed by atoms with Crippen molar-refractivity contribution < 1.29 is 22.4 Å². The summed E-state index contributed by atoms with van der Waals surface area (Å²) in [6.07, 6.45) is -5.27. The van der Waals surface area contributed by atoms with Gasteiger partial charge in [0.15, 0.2) is 0 Å². The van der Waals surface area contributed by atoms with Gasteiger partial charge in [0.2, 0.25) is 5.91 Å². The summed E-state index contributed by atoms with van der Waals surface area (Å²) in [5.41, 5.74) is 0.165. The highest BCUT2D eigenvalue weighted by Gasteiger charge is 2.36. The van der Waals surface area contributed by atoms with Gasteiger partial charge in [-0.1, -0.05) is 53.0 Å². The number of anilines is 1. The molecule has 1 saturated heterocycles. The Kier molecular flexibility index (Phi) is 7.50. The van der Waals surface area contributed by atoms with E-state index < -0.39 is 29.9 Å². The summed E-state index contributed by atoms with van der Waals surface area (Å²) in [6, 6.07) is 14.3. The predicted molar refractivity (Wildman–Crippen MR) is 130 cm³/mol. The van der Waals surface area contributed by atoms with E-state index in [4.69, 9.17) is 34.8 Å². The van der Waals surface area contributed by atoms with Crippen LogP contribution in [0.3, 0.4) is 0 Å². The molecule has 1 unspecified atom stereocenters. The number of nitrogens with zero attached hydrogens (tertiary/aromatic N) is 2. The van der Waals surface area contributed by atoms with Gasteiger partial charge < -0.3 is 9.80 Å². The fourth-order valence-corrected chi connectivity index (χ4v) is 4.87. The highest BCUT2D eigenvalue weighted by molar-refractivity contribution is 6.36. The van der Waals surface area contributed by atoms with Crippen LogP contribution >= 0.6 is 34.8 Å². The minimum absolute atomic E-state index is 0.210. The topological polar surface area (TPSA) is 23.6 Å². The smallest absolute Gasteiger partial charge is 0.360 e. The quantitative estimate of drug-likeness (QED) is 0.318. The molecule has 1 amide bonds. The lowest BCUT2D eigenvalue weighted by atomic mass is 9.99. The van der Waals surface area contributed by atoms with Crippen LogP contribution in [0.1, 0.15) is 22.7 Å². The lowest BCUT2D eigenvalue weighted by molar-refractivity contribution is -0.139. The maximum absolute atomic E-state index is 13.5. The van der Waals surface area contributed by atoms with E-state index in [0.717, 1.165) is 23.4 Å². The van der Waals surface area contributed by atoms with Gasteiger partial charge in [0, 0.05) is 29.7 Å². The molecule has 10 heteroatoms. The van der Waals surface area contributed by atoms with Crippen LogP contribution in [-0.4, -0.2) is 30.4 Å². The van der Waals surface area contributed by atoms with E-state index in [9.17, 15) is 22.4 Å². The number of piperazine rings is 1. The van der Waals surface area contributed by atoms with Gasteiger partial charge in [-0.05, 0) is 53.6 Å². The standard InChI is InChI=1S/C25H19Cl3F4N2O/c26-17-4-1-15(2-5-17)23-14-33(9-10-34(23)22-8-6-18(27)12-21(22)28)24(35)11-16-3-7-19(29)13-20(16)25(30,31)32/h1-8,12-13,23H,9-11,14H2. The molecule has 0 radical (unpaired) electrons. The van der Waals surface area contributed by atoms with Crippen molar-refractivity contribution in [3.05, 3.63) is 98.2 Å². The van der Waals surface area contributed by atoms with Crippen LogP contribution in [0.2, 0.25) is 15.1 Å². The second kappa shape index (κ2) is 10.2. The Morgan fingerprint density at radius 3 is 2.26 bits per heavy atom. The maximum Gasteiger partial charge on any atom is 0.416 e. The molecule has 3 aromatic rings. The van der Waals surface area contributed by atoms with E-state index in [0.29, 0.717) is 27.7 Å². The highest BCUT2D eigenvalue weighted by atomic mass is 35.5. The first-order chi connectivity index (χ1) is 16.5. The number of rotatable bonds is 4. The van der Waals surface area contributed by atoms with Crippen molar-refractivity contribution >= 4 is 46.4 Å². The monoisotopic (exact) mass is 544 g/mol. The molecule has 1 heterocycles. The largest absolute Gasteiger partial charge is 0.416 e. The van der Waals surface area contributed by atoms with E-state index in [1.54, 1.807) is 30.3 Å². The van der Waals surface area contributed by atoms with Crippen molar-refractivity contribution in [3.63, 3.8) is 0 Å². The van der Waals surface area contributed by atoms with Crippen molar-refractivity contribution in [2.45, 2.75) is 18.6 Å². The molecule has 1 aliphatic heterocycles. The molecule has 0 aromatic heterocycles. The third-order valence-corrected chi connectivity index (χ3v) is 6.72. The first-order valence-electron chi connectivity index (χ1n) is 10.6. The van der Waals surface area contributed by atoms with Crippen LogP contribution in [-0.2, 0) is 17.4 Å². The van der Waals surface area contributed by atoms with Crippen molar-refractivity contribution in [2.75, 3.05) is 24.5 Å². The first-order valence-corrected chi connectivity index (χ1v) is 11.8. The molecule has 0 aliphatic carbocycles. The van der Waals surface area contributed by atoms with Gasteiger partial charge >= 0.3 is 6.18 Å². The van der Waals surface area contributed by atoms with Crippen LogP contribution in [0, 0.1) is 5.82 Å². The van der Waals surface area contributed by atoms with Crippen molar-refractivity contribution in [1.82, 2.24) is 4.90 Å². The molecular formula is C25H19Cl3F4N2O. The van der Waals surface area contributed by atoms with Gasteiger partial charge in [-0.25, -0.2) is 4.39 Å². The molecule has 0 saturated carbocycles. The summed E-state index contributed by atoms with van der Waals surface area (Å²) in [7, 11) is 0. The number of hydrogen-bond acceptors (Lipinski definition) is 2. The predicted octanol–water partition coefficient (Wildman–Crippen LogP) is 7.44. The molecule has 35 heavy (non-hydrogen) atoms. The number of carbonyl (C=O) groups excluding carboxylic acids is 1. The van der Waals surface area contributed by atoms with Gasteiger partial charge in [-0.2, -0.15) is 13.2 Å². The third kappa shape index (κ3) is 5.85. The molecule has 0 N–H and O–H groups in total. The van der Waals surface area contributed by atoms with Gasteiger partial charge in [0.05, 0.1) is 28.7 Å². The summed E-state index contributed by atoms with van der Waals surface area (Å²) in [5.74, 6) is -1.49. The summed E-state index contributed by atoms with van der Waals surface area (Å²) >= 11 is 18.6. The number of amides is 1. The van der Waals surface area contributed by atoms with E-state index in [-0.39, 0.29) is 24.7 Å². The van der Waals surface area contributed by atoms with E-state index in [1.165, 1.54) is 4.90 Å². The zero-order valence-electron chi connectivity index (χ0n) is 18.1. The Balaban J connectivity index is 1.62. The molecule has 3 nitrogen and oxygen atoms in total. The summed E-state index contributed by atoms with van der Waals surface area (Å²) in [6.45, 7) is 0.863. The molecule has 1 atom stereocenters. The molecule has 0 bridgehead atoms. The van der Waals surface area contributed by atoms with Gasteiger partial charge in [0.25, 0.3) is 0 Å². The highest BCUT2D eigenvalue weighted by Crippen LogP contribution is 2.37. The molecule has 3 aromatic carbocycles. The fourth-order valence-electron chi connectivity index (χ4n) is 4.22. The number of halogens is 7. The Bertz CT molecular complexity index is 1230. The zero-order valence-corrected chi connectivity index (χ0v) is 20.4. The number of benzene rings is 3. The Labute approximate surface area is 214 Å². The number of carbonyl (C=O) groups is 1. The second-order valence-corrected chi connectivity index (χ2v) is 9.45. The maximum atomic E-state index is 13.5. The van der Waals surface area contributed by atoms with Gasteiger partial charge in [0.1, 0.15) is 5.82 Å². The van der Waals surface area contributed by atoms with Crippen LogP contribution in [0.5, 0.6) is 0 Å². The summed E-state index contributed by atoms with van der Waals surface area (Å²) < 4.78 is 53.7. The average molecular weight is 546 g/mol. The number of hydrogen-bond donors (Lipinski definition) is 0. The summed E-state index contributed by atoms with van der Waals surface area (Å²) in [4.78, 5) is 16.6. The van der Waals surface area contributed by atoms with Crippen molar-refractivity contribution in [2.24, 2.45) is 0 Å². The lowest BCUT2D eigenvalue weighted by Gasteiger charge is -2.43. The molecule has 1 aliphatic rings. The average Bonchev–Trinajstić information content (AvgIpc) is 2.80. The third-order valence-electron chi connectivity index (χ3n) is 5.93. The lowest BCUT2D eigenvalue weighted by Crippen LogP contribution is -2.51. The molecule has 0 spiro atoms. The molecule has 1 fully saturated rings. The first kappa shape index (κ1) is 25.6. The van der Waals surface area contributed by atoms with Crippen LogP contribution in [0.15, 0.2) is 60.7 Å². The minimum atomic E-state index is -4.77. The Hall–Kier alpha value is -2.48. The second-order valence-electron chi connectivity index (χ2n) is 8.17. The zero-order chi connectivity index (χ0) is 25.3. The molecular weight excluding hydrogens is 527 g/mol. The molecule has 184 valence electrons.